The maximum absolute atomic E-state index is 12.6. The molecule has 1 amide bonds. The van der Waals surface area contributed by atoms with E-state index in [4.69, 9.17) is 0 Å². The monoisotopic (exact) mass is 396 g/mol. The molecule has 1 unspecified atom stereocenters. The molecular formula is C18H25ClN4O2S. The van der Waals surface area contributed by atoms with Gasteiger partial charge in [0.2, 0.25) is 5.91 Å². The molecule has 2 aromatic rings. The van der Waals surface area contributed by atoms with Crippen molar-refractivity contribution in [1.29, 1.82) is 0 Å². The van der Waals surface area contributed by atoms with Crippen molar-refractivity contribution in [3.8, 4) is 0 Å². The first kappa shape index (κ1) is 19.3. The molecule has 2 aromatic heterocycles. The zero-order valence-corrected chi connectivity index (χ0v) is 16.6. The SMILES string of the molecule is CC1CCc2c(sc3nc(CCC(=O)N4CCNCC4)[nH]c(=O)c23)C1.Cl. The number of carbonyl (C=O) groups excluding carboxylic acids is 1. The molecule has 4 rings (SSSR count). The van der Waals surface area contributed by atoms with E-state index in [-0.39, 0.29) is 23.9 Å². The molecule has 142 valence electrons. The van der Waals surface area contributed by atoms with E-state index in [0.717, 1.165) is 55.7 Å². The molecule has 6 nitrogen and oxygen atoms in total. The molecule has 0 radical (unpaired) electrons. The number of aromatic nitrogens is 2. The molecule has 0 aromatic carbocycles. The first-order valence-corrected chi connectivity index (χ1v) is 9.95. The van der Waals surface area contributed by atoms with Crippen LogP contribution in [-0.2, 0) is 24.1 Å². The summed E-state index contributed by atoms with van der Waals surface area (Å²) >= 11 is 1.66. The largest absolute Gasteiger partial charge is 0.340 e. The Labute approximate surface area is 162 Å². The summed E-state index contributed by atoms with van der Waals surface area (Å²) < 4.78 is 0. The van der Waals surface area contributed by atoms with Gasteiger partial charge in [0, 0.05) is 43.9 Å². The highest BCUT2D eigenvalue weighted by Crippen LogP contribution is 2.35. The van der Waals surface area contributed by atoms with E-state index in [2.05, 4.69) is 22.2 Å². The average molecular weight is 397 g/mol. The van der Waals surface area contributed by atoms with E-state index >= 15 is 0 Å². The van der Waals surface area contributed by atoms with Gasteiger partial charge in [-0.05, 0) is 30.7 Å². The lowest BCUT2D eigenvalue weighted by Crippen LogP contribution is -2.46. The van der Waals surface area contributed by atoms with Crippen LogP contribution in [0.15, 0.2) is 4.79 Å². The summed E-state index contributed by atoms with van der Waals surface area (Å²) in [6, 6.07) is 0. The fourth-order valence-electron chi connectivity index (χ4n) is 3.81. The van der Waals surface area contributed by atoms with Gasteiger partial charge >= 0.3 is 0 Å². The van der Waals surface area contributed by atoms with Crippen LogP contribution in [0.3, 0.4) is 0 Å². The number of rotatable bonds is 3. The first-order chi connectivity index (χ1) is 12.1. The van der Waals surface area contributed by atoms with Gasteiger partial charge in [0.1, 0.15) is 10.7 Å². The van der Waals surface area contributed by atoms with E-state index in [9.17, 15) is 9.59 Å². The van der Waals surface area contributed by atoms with Gasteiger partial charge in [-0.2, -0.15) is 0 Å². The van der Waals surface area contributed by atoms with E-state index in [0.29, 0.717) is 24.6 Å². The van der Waals surface area contributed by atoms with Crippen molar-refractivity contribution in [3.63, 3.8) is 0 Å². The molecule has 26 heavy (non-hydrogen) atoms. The van der Waals surface area contributed by atoms with Crippen LogP contribution >= 0.6 is 23.7 Å². The molecule has 3 heterocycles. The molecule has 1 atom stereocenters. The molecule has 0 spiro atoms. The molecule has 8 heteroatoms. The number of thiophene rings is 1. The zero-order valence-electron chi connectivity index (χ0n) is 15.0. The number of carbonyl (C=O) groups is 1. The number of hydrogen-bond donors (Lipinski definition) is 2. The zero-order chi connectivity index (χ0) is 17.4. The fraction of sp³-hybridized carbons (Fsp3) is 0.611. The number of H-pyrrole nitrogens is 1. The smallest absolute Gasteiger partial charge is 0.259 e. The van der Waals surface area contributed by atoms with Crippen molar-refractivity contribution < 1.29 is 4.79 Å². The lowest BCUT2D eigenvalue weighted by Gasteiger charge is -2.27. The topological polar surface area (TPSA) is 78.1 Å². The normalized spacial score (nSPS) is 19.9. The number of hydrogen-bond acceptors (Lipinski definition) is 5. The van der Waals surface area contributed by atoms with Gasteiger partial charge in [-0.15, -0.1) is 23.7 Å². The Hall–Kier alpha value is -1.44. The van der Waals surface area contributed by atoms with Gasteiger partial charge in [-0.3, -0.25) is 9.59 Å². The summed E-state index contributed by atoms with van der Waals surface area (Å²) in [4.78, 5) is 36.5. The van der Waals surface area contributed by atoms with Crippen LogP contribution in [0.2, 0.25) is 0 Å². The van der Waals surface area contributed by atoms with Gasteiger partial charge in [-0.1, -0.05) is 6.92 Å². The summed E-state index contributed by atoms with van der Waals surface area (Å²) in [5, 5.41) is 4.03. The van der Waals surface area contributed by atoms with Crippen LogP contribution in [0.1, 0.15) is 36.0 Å². The highest BCUT2D eigenvalue weighted by atomic mass is 35.5. The number of halogens is 1. The Balaban J connectivity index is 0.00000196. The molecule has 2 N–H and O–H groups in total. The second-order valence-corrected chi connectivity index (χ2v) is 8.26. The highest BCUT2D eigenvalue weighted by molar-refractivity contribution is 7.18. The third-order valence-electron chi connectivity index (χ3n) is 5.26. The van der Waals surface area contributed by atoms with E-state index in [1.54, 1.807) is 11.3 Å². The Morgan fingerprint density at radius 3 is 2.88 bits per heavy atom. The van der Waals surface area contributed by atoms with Gasteiger partial charge in [0.25, 0.3) is 5.56 Å². The third-order valence-corrected chi connectivity index (χ3v) is 6.41. The first-order valence-electron chi connectivity index (χ1n) is 9.13. The van der Waals surface area contributed by atoms with Crippen molar-refractivity contribution in [2.24, 2.45) is 5.92 Å². The molecule has 0 saturated carbocycles. The molecule has 1 aliphatic heterocycles. The Bertz CT molecular complexity index is 857. The highest BCUT2D eigenvalue weighted by Gasteiger charge is 2.23. The maximum atomic E-state index is 12.6. The van der Waals surface area contributed by atoms with Crippen LogP contribution in [-0.4, -0.2) is 47.0 Å². The molecule has 1 aliphatic carbocycles. The summed E-state index contributed by atoms with van der Waals surface area (Å²) in [6.07, 6.45) is 4.05. The summed E-state index contributed by atoms with van der Waals surface area (Å²) in [6.45, 7) is 5.49. The number of fused-ring (bicyclic) bond motifs is 3. The lowest BCUT2D eigenvalue weighted by molar-refractivity contribution is -0.131. The van der Waals surface area contributed by atoms with Gasteiger partial charge < -0.3 is 15.2 Å². The molecule has 2 aliphatic rings. The Kier molecular flexibility index (Phi) is 5.99. The van der Waals surface area contributed by atoms with E-state index < -0.39 is 0 Å². The van der Waals surface area contributed by atoms with Gasteiger partial charge in [0.15, 0.2) is 0 Å². The second-order valence-electron chi connectivity index (χ2n) is 7.18. The fourth-order valence-corrected chi connectivity index (χ4v) is 5.21. The maximum Gasteiger partial charge on any atom is 0.259 e. The lowest BCUT2D eigenvalue weighted by atomic mass is 9.89. The van der Waals surface area contributed by atoms with Gasteiger partial charge in [0.05, 0.1) is 5.39 Å². The third kappa shape index (κ3) is 3.80. The van der Waals surface area contributed by atoms with Crippen molar-refractivity contribution in [2.75, 3.05) is 26.2 Å². The standard InChI is InChI=1S/C18H24N4O2S.ClH/c1-11-2-3-12-13(10-11)25-18-16(12)17(24)20-14(21-18)4-5-15(23)22-8-6-19-7-9-22;/h11,19H,2-10H2,1H3,(H,20,21,24);1H. The minimum atomic E-state index is -0.0401. The summed E-state index contributed by atoms with van der Waals surface area (Å²) in [5.74, 6) is 1.45. The van der Waals surface area contributed by atoms with Gasteiger partial charge in [-0.25, -0.2) is 4.98 Å². The Morgan fingerprint density at radius 2 is 2.12 bits per heavy atom. The average Bonchev–Trinajstić information content (AvgIpc) is 2.98. The summed E-state index contributed by atoms with van der Waals surface area (Å²) in [5.41, 5.74) is 1.16. The quantitative estimate of drug-likeness (QED) is 0.830. The predicted molar refractivity (Wildman–Crippen MR) is 106 cm³/mol. The minimum absolute atomic E-state index is 0. The van der Waals surface area contributed by atoms with Crippen LogP contribution in [0, 0.1) is 5.92 Å². The number of piperazine rings is 1. The van der Waals surface area contributed by atoms with Crippen molar-refractivity contribution in [3.05, 3.63) is 26.6 Å². The number of nitrogens with one attached hydrogen (secondary N) is 2. The second kappa shape index (κ2) is 8.06. The molecule has 1 fully saturated rings. The molecule has 1 saturated heterocycles. The van der Waals surface area contributed by atoms with Crippen molar-refractivity contribution in [1.82, 2.24) is 20.2 Å². The van der Waals surface area contributed by atoms with E-state index in [1.165, 1.54) is 10.4 Å². The van der Waals surface area contributed by atoms with E-state index in [1.807, 2.05) is 4.90 Å². The Morgan fingerprint density at radius 1 is 1.35 bits per heavy atom. The van der Waals surface area contributed by atoms with Crippen LogP contribution in [0.25, 0.3) is 10.2 Å². The number of aromatic amines is 1. The van der Waals surface area contributed by atoms with Crippen molar-refractivity contribution in [2.45, 2.75) is 39.0 Å². The van der Waals surface area contributed by atoms with Crippen LogP contribution in [0.5, 0.6) is 0 Å². The number of aryl methyl sites for hydroxylation is 2. The minimum Gasteiger partial charge on any atom is -0.340 e. The molecular weight excluding hydrogens is 372 g/mol. The molecule has 0 bridgehead atoms. The number of nitrogens with zero attached hydrogens (tertiary/aromatic N) is 2. The summed E-state index contributed by atoms with van der Waals surface area (Å²) in [7, 11) is 0. The van der Waals surface area contributed by atoms with Crippen molar-refractivity contribution >= 4 is 39.9 Å². The predicted octanol–water partition coefficient (Wildman–Crippen LogP) is 1.90. The number of amides is 1. The van der Waals surface area contributed by atoms with Crippen LogP contribution in [0.4, 0.5) is 0 Å². The van der Waals surface area contributed by atoms with Crippen LogP contribution < -0.4 is 10.9 Å².